The molecule has 1 fully saturated rings. The zero-order valence-electron chi connectivity index (χ0n) is 36.2. The number of hydrogen-bond acceptors (Lipinski definition) is 19. The summed E-state index contributed by atoms with van der Waals surface area (Å²) < 4.78 is 1.57. The molecule has 66 heavy (non-hydrogen) atoms. The Kier molecular flexibility index (Phi) is 24.7. The molecule has 28 nitrogen and oxygen atoms in total. The van der Waals surface area contributed by atoms with Crippen molar-refractivity contribution >= 4 is 59.1 Å². The van der Waals surface area contributed by atoms with Gasteiger partial charge in [0.15, 0.2) is 6.04 Å². The van der Waals surface area contributed by atoms with E-state index in [0.717, 1.165) is 44.6 Å². The number of hydroxylamine groups is 6. The van der Waals surface area contributed by atoms with Gasteiger partial charge in [0.1, 0.15) is 29.6 Å². The van der Waals surface area contributed by atoms with Gasteiger partial charge in [-0.3, -0.25) is 63.1 Å². The summed E-state index contributed by atoms with van der Waals surface area (Å²) in [6, 6.07) is -7.79. The standard InChI is InChI=1S/C36H58N10O18S.Fe/c1-17(48)44(62)12-5-8-20(37)30(55)38-21(9-6-13-45(63)18(2)49)31(56)39-22(10-7-14-46(64)19(3)50)32(57)40-23(16-47)33(58)41-25(35(59)60)26(52)29-27(53)28(54)34(65-29)43-15-11-24(51)42(4)36(43)61;/h11,15,20-23,25-29,34,47,52-54,62-64H,5-10,12-14,16,37H2,1-4H3,(H,38,55)(H,39,56)(H,40,57)(H,41,58)(H,59,60);/q;+3. The summed E-state index contributed by atoms with van der Waals surface area (Å²) in [6.07, 6.45) is -5.87. The predicted octanol–water partition coefficient (Wildman–Crippen LogP) is -6.36. The van der Waals surface area contributed by atoms with E-state index in [-0.39, 0.29) is 75.2 Å². The van der Waals surface area contributed by atoms with Crippen molar-refractivity contribution in [3.05, 3.63) is 33.1 Å². The molecule has 7 amide bonds. The van der Waals surface area contributed by atoms with Crippen molar-refractivity contribution in [2.75, 3.05) is 26.2 Å². The van der Waals surface area contributed by atoms with E-state index in [1.54, 1.807) is 0 Å². The monoisotopic (exact) mass is 1010 g/mol. The van der Waals surface area contributed by atoms with Crippen LogP contribution in [0, 0.1) is 0 Å². The summed E-state index contributed by atoms with van der Waals surface area (Å²) >= 11 is 0.552. The maximum Gasteiger partial charge on any atom is 3.00 e. The SMILES string of the molecule is CC(=O)N(O)CCCC(N)C(=O)NC(CCCN(O)C(C)=O)C(=O)NC(CCCN(O)C(C)=O)C(=O)NC(CO)C(=O)NC(C(=O)O)C(O)C1SC(n2ccc(=O)n(C)c2=O)C(O)C1O.[Fe+3]. The van der Waals surface area contributed by atoms with Crippen molar-refractivity contribution in [3.8, 4) is 0 Å². The second-order valence-corrected chi connectivity index (χ2v) is 16.3. The summed E-state index contributed by atoms with van der Waals surface area (Å²) in [6.45, 7) is 1.11. The zero-order valence-corrected chi connectivity index (χ0v) is 38.2. The Balaban J connectivity index is 0.0000218. The van der Waals surface area contributed by atoms with Crippen molar-refractivity contribution in [2.45, 2.75) is 118 Å². The average Bonchev–Trinajstić information content (AvgIpc) is 3.54. The molecular weight excluding hydrogens is 948 g/mol. The van der Waals surface area contributed by atoms with Gasteiger partial charge in [-0.15, -0.1) is 11.8 Å². The molecule has 1 aliphatic heterocycles. The normalized spacial score (nSPS) is 19.3. The van der Waals surface area contributed by atoms with E-state index in [1.807, 2.05) is 5.32 Å². The second kappa shape index (κ2) is 27.6. The maximum atomic E-state index is 13.8. The van der Waals surface area contributed by atoms with Crippen molar-refractivity contribution in [3.63, 3.8) is 0 Å². The van der Waals surface area contributed by atoms with Crippen LogP contribution in [-0.2, 0) is 62.5 Å². The first-order valence-corrected chi connectivity index (χ1v) is 21.0. The number of aliphatic carboxylic acids is 1. The van der Waals surface area contributed by atoms with Crippen LogP contribution < -0.4 is 38.2 Å². The predicted molar refractivity (Wildman–Crippen MR) is 220 cm³/mol. The van der Waals surface area contributed by atoms with E-state index < -0.39 is 124 Å². The van der Waals surface area contributed by atoms with Crippen LogP contribution in [-0.4, -0.2) is 193 Å². The Morgan fingerprint density at radius 2 is 1.15 bits per heavy atom. The van der Waals surface area contributed by atoms with Gasteiger partial charge >= 0.3 is 28.7 Å². The Morgan fingerprint density at radius 1 is 0.727 bits per heavy atom. The number of amides is 7. The number of aliphatic hydroxyl groups is 4. The number of aliphatic hydroxyl groups excluding tert-OH is 4. The number of rotatable bonds is 25. The first kappa shape index (κ1) is 59.0. The van der Waals surface area contributed by atoms with Crippen LogP contribution in [0.1, 0.15) is 64.7 Å². The third-order valence-electron chi connectivity index (χ3n) is 10.1. The number of carbonyl (C=O) groups excluding carboxylic acids is 7. The quantitative estimate of drug-likeness (QED) is 0.0246. The van der Waals surface area contributed by atoms with Gasteiger partial charge < -0.3 is 52.5 Å². The van der Waals surface area contributed by atoms with E-state index in [0.29, 0.717) is 31.5 Å². The fraction of sp³-hybridized carbons (Fsp3) is 0.667. The summed E-state index contributed by atoms with van der Waals surface area (Å²) in [4.78, 5) is 125. The number of carboxylic acid groups (broad SMARTS) is 1. The van der Waals surface area contributed by atoms with Gasteiger partial charge in [0.25, 0.3) is 5.56 Å². The molecule has 2 heterocycles. The topological polar surface area (TPSA) is 426 Å². The third-order valence-corrected chi connectivity index (χ3v) is 11.8. The van der Waals surface area contributed by atoms with Crippen LogP contribution in [0.15, 0.2) is 21.9 Å². The van der Waals surface area contributed by atoms with Gasteiger partial charge in [0.05, 0.1) is 30.1 Å². The van der Waals surface area contributed by atoms with Gasteiger partial charge in [0.2, 0.25) is 41.4 Å². The van der Waals surface area contributed by atoms with Crippen LogP contribution in [0.5, 0.6) is 0 Å². The van der Waals surface area contributed by atoms with Crippen LogP contribution in [0.3, 0.4) is 0 Å². The molecule has 10 unspecified atom stereocenters. The number of hydrogen-bond donors (Lipinski definition) is 13. The number of nitrogens with two attached hydrogens (primary N) is 1. The molecule has 1 radical (unpaired) electrons. The molecule has 0 bridgehead atoms. The molecule has 1 aromatic heterocycles. The molecule has 0 spiro atoms. The van der Waals surface area contributed by atoms with Crippen molar-refractivity contribution < 1.29 is 96.6 Å². The number of nitrogens with zero attached hydrogens (tertiary/aromatic N) is 5. The molecule has 1 aliphatic rings. The van der Waals surface area contributed by atoms with Crippen LogP contribution >= 0.6 is 11.8 Å². The minimum absolute atomic E-state index is 0. The maximum absolute atomic E-state index is 13.8. The summed E-state index contributed by atoms with van der Waals surface area (Å²) in [7, 11) is 1.14. The van der Waals surface area contributed by atoms with Crippen molar-refractivity contribution in [2.24, 2.45) is 12.8 Å². The molecule has 30 heteroatoms. The first-order chi connectivity index (χ1) is 30.3. The third kappa shape index (κ3) is 17.0. The molecule has 2 rings (SSSR count). The Bertz CT molecular complexity index is 2000. The van der Waals surface area contributed by atoms with Crippen molar-refractivity contribution in [1.82, 2.24) is 45.6 Å². The summed E-state index contributed by atoms with van der Waals surface area (Å²) in [5, 5.41) is 89.1. The number of thioether (sulfide) groups is 1. The first-order valence-electron chi connectivity index (χ1n) is 20.0. The van der Waals surface area contributed by atoms with Gasteiger partial charge in [-0.05, 0) is 38.5 Å². The van der Waals surface area contributed by atoms with E-state index in [2.05, 4.69) is 16.0 Å². The Hall–Kier alpha value is -5.01. The van der Waals surface area contributed by atoms with E-state index in [9.17, 15) is 89.1 Å². The summed E-state index contributed by atoms with van der Waals surface area (Å²) in [5.41, 5.74) is 4.37. The fourth-order valence-electron chi connectivity index (χ4n) is 6.23. The van der Waals surface area contributed by atoms with Crippen LogP contribution in [0.25, 0.3) is 0 Å². The number of carbonyl (C=O) groups is 8. The molecule has 371 valence electrons. The molecule has 0 aromatic carbocycles. The minimum atomic E-state index is -2.29. The largest absolute Gasteiger partial charge is 3.00 e. The fourth-order valence-corrected chi connectivity index (χ4v) is 7.80. The van der Waals surface area contributed by atoms with E-state index in [4.69, 9.17) is 5.73 Å². The van der Waals surface area contributed by atoms with Crippen LogP contribution in [0.4, 0.5) is 0 Å². The zero-order chi connectivity index (χ0) is 49.5. The molecule has 14 N–H and O–H groups in total. The number of carboxylic acids is 1. The second-order valence-electron chi connectivity index (χ2n) is 15.0. The average molecular weight is 1010 g/mol. The van der Waals surface area contributed by atoms with Gasteiger partial charge in [-0.25, -0.2) is 24.8 Å². The molecule has 1 aromatic rings. The van der Waals surface area contributed by atoms with Gasteiger partial charge in [-0.1, -0.05) is 0 Å². The van der Waals surface area contributed by atoms with Gasteiger partial charge in [-0.2, -0.15) is 0 Å². The summed E-state index contributed by atoms with van der Waals surface area (Å²) in [5.74, 6) is -8.65. The molecular formula is C36H58FeN10O18S+3. The smallest absolute Gasteiger partial charge is 0.480 e. The van der Waals surface area contributed by atoms with E-state index >= 15 is 0 Å². The Labute approximate surface area is 390 Å². The van der Waals surface area contributed by atoms with E-state index in [1.165, 1.54) is 0 Å². The van der Waals surface area contributed by atoms with Gasteiger partial charge in [0, 0.05) is 59.7 Å². The minimum Gasteiger partial charge on any atom is -0.480 e. The van der Waals surface area contributed by atoms with Crippen LogP contribution in [0.2, 0.25) is 0 Å². The molecule has 10 atom stereocenters. The molecule has 0 saturated carbocycles. The number of nitrogens with one attached hydrogen (secondary N) is 4. The Morgan fingerprint density at radius 3 is 1.59 bits per heavy atom. The van der Waals surface area contributed by atoms with Crippen molar-refractivity contribution in [1.29, 1.82) is 0 Å². The number of aromatic nitrogens is 2. The molecule has 1 saturated heterocycles. The molecule has 0 aliphatic carbocycles.